The number of unbranched alkanes of at least 4 members (excludes halogenated alkanes) is 46. The van der Waals surface area contributed by atoms with E-state index in [2.05, 4.69) is 72.8 Å². The topological polar surface area (TPSA) is 237 Å². The zero-order valence-corrected chi connectivity index (χ0v) is 69.8. The third-order valence-corrected chi connectivity index (χ3v) is 21.2. The van der Waals surface area contributed by atoms with Crippen molar-refractivity contribution in [3.8, 4) is 0 Å². The lowest BCUT2D eigenvalue weighted by atomic mass is 10.0. The van der Waals surface area contributed by atoms with Crippen molar-refractivity contribution in [3.63, 3.8) is 0 Å². The Morgan fingerprint density at radius 2 is 0.519 bits per heavy atom. The van der Waals surface area contributed by atoms with Gasteiger partial charge in [-0.15, -0.1) is 0 Å². The maximum absolute atomic E-state index is 13.1. The molecule has 614 valence electrons. The number of ether oxygens (including phenoxy) is 4. The highest BCUT2D eigenvalue weighted by molar-refractivity contribution is 7.47. The van der Waals surface area contributed by atoms with Crippen molar-refractivity contribution in [2.24, 2.45) is 17.8 Å². The molecular weight excluding hydrogens is 1350 g/mol. The van der Waals surface area contributed by atoms with Crippen molar-refractivity contribution < 1.29 is 80.2 Å². The van der Waals surface area contributed by atoms with E-state index in [-0.39, 0.29) is 25.7 Å². The molecule has 0 fully saturated rings. The Kier molecular flexibility index (Phi) is 72.9. The zero-order valence-electron chi connectivity index (χ0n) is 68.0. The fourth-order valence-electron chi connectivity index (χ4n) is 12.7. The predicted octanol–water partition coefficient (Wildman–Crippen LogP) is 25.3. The molecule has 0 spiro atoms. The Bertz CT molecular complexity index is 2100. The number of hydrogen-bond acceptors (Lipinski definition) is 15. The summed E-state index contributed by atoms with van der Waals surface area (Å²) in [6.45, 7) is 11.9. The van der Waals surface area contributed by atoms with Crippen molar-refractivity contribution in [3.05, 3.63) is 24.3 Å². The standard InChI is InChI=1S/C85H162O17P2/c1-8-9-10-11-12-13-14-15-21-29-34-39-46-54-61-68-85(90)102-81(73-96-83(88)67-60-53-48-41-44-51-58-65-78(6)7)75-100-104(93,94)98-71-79(86)70-97-103(91,92)99-74-80(72-95-82(87)66-59-52-45-38-33-28-25-20-23-27-32-37-43-50-57-64-77(4)5)101-84(89)69-62-55-47-40-35-30-24-19-17-16-18-22-26-31-36-42-49-56-63-76(2)3/h13-15,21,76-81,86H,8-12,16-20,22-75H2,1-7H3,(H,91,92)(H,93,94)/b14-13-,21-15-/t79?,80-,81-/m1/s1. The van der Waals surface area contributed by atoms with Gasteiger partial charge in [-0.1, -0.05) is 368 Å². The van der Waals surface area contributed by atoms with Crippen LogP contribution in [0.1, 0.15) is 421 Å². The molecule has 3 N–H and O–H groups in total. The third-order valence-electron chi connectivity index (χ3n) is 19.3. The molecule has 0 saturated heterocycles. The largest absolute Gasteiger partial charge is 0.472 e. The average molecular weight is 1520 g/mol. The first-order valence-electron chi connectivity index (χ1n) is 43.2. The van der Waals surface area contributed by atoms with Gasteiger partial charge in [0.25, 0.3) is 0 Å². The summed E-state index contributed by atoms with van der Waals surface area (Å²) in [5.41, 5.74) is 0. The lowest BCUT2D eigenvalue weighted by Crippen LogP contribution is -2.30. The first-order valence-corrected chi connectivity index (χ1v) is 46.2. The number of phosphoric acid groups is 2. The molecule has 0 aliphatic rings. The fraction of sp³-hybridized carbons (Fsp3) is 0.906. The van der Waals surface area contributed by atoms with Crippen LogP contribution < -0.4 is 0 Å². The van der Waals surface area contributed by atoms with Crippen LogP contribution in [0.25, 0.3) is 0 Å². The summed E-state index contributed by atoms with van der Waals surface area (Å²) < 4.78 is 68.8. The molecule has 5 atom stereocenters. The predicted molar refractivity (Wildman–Crippen MR) is 427 cm³/mol. The van der Waals surface area contributed by atoms with Gasteiger partial charge in [0.05, 0.1) is 26.4 Å². The number of hydrogen-bond donors (Lipinski definition) is 3. The van der Waals surface area contributed by atoms with Gasteiger partial charge in [-0.3, -0.25) is 37.3 Å². The monoisotopic (exact) mass is 1520 g/mol. The second-order valence-corrected chi connectivity index (χ2v) is 34.2. The number of esters is 4. The molecule has 17 nitrogen and oxygen atoms in total. The number of allylic oxidation sites excluding steroid dienone is 4. The summed E-state index contributed by atoms with van der Waals surface area (Å²) in [6.07, 6.45) is 67.6. The molecule has 0 aromatic heterocycles. The Morgan fingerprint density at radius 3 is 0.779 bits per heavy atom. The smallest absolute Gasteiger partial charge is 0.462 e. The summed E-state index contributed by atoms with van der Waals surface area (Å²) >= 11 is 0. The van der Waals surface area contributed by atoms with Crippen molar-refractivity contribution in [2.75, 3.05) is 39.6 Å². The lowest BCUT2D eigenvalue weighted by Gasteiger charge is -2.21. The second-order valence-electron chi connectivity index (χ2n) is 31.3. The van der Waals surface area contributed by atoms with E-state index in [0.717, 1.165) is 121 Å². The van der Waals surface area contributed by atoms with E-state index in [1.165, 1.54) is 212 Å². The van der Waals surface area contributed by atoms with Gasteiger partial charge in [0.15, 0.2) is 12.2 Å². The van der Waals surface area contributed by atoms with Gasteiger partial charge in [-0.2, -0.15) is 0 Å². The van der Waals surface area contributed by atoms with Gasteiger partial charge >= 0.3 is 39.5 Å². The van der Waals surface area contributed by atoms with Crippen LogP contribution in [-0.4, -0.2) is 96.7 Å². The van der Waals surface area contributed by atoms with Gasteiger partial charge in [-0.05, 0) is 69.1 Å². The van der Waals surface area contributed by atoms with Crippen LogP contribution in [0.5, 0.6) is 0 Å². The second kappa shape index (κ2) is 74.6. The van der Waals surface area contributed by atoms with E-state index < -0.39 is 97.5 Å². The number of rotatable bonds is 81. The van der Waals surface area contributed by atoms with Gasteiger partial charge in [0, 0.05) is 25.7 Å². The molecule has 0 bridgehead atoms. The zero-order chi connectivity index (χ0) is 76.5. The Hall–Kier alpha value is -2.46. The van der Waals surface area contributed by atoms with Crippen LogP contribution in [0, 0.1) is 17.8 Å². The number of aliphatic hydroxyl groups excluding tert-OH is 1. The first kappa shape index (κ1) is 102. The van der Waals surface area contributed by atoms with Crippen LogP contribution in [0.2, 0.25) is 0 Å². The van der Waals surface area contributed by atoms with Gasteiger partial charge in [0.1, 0.15) is 19.3 Å². The summed E-state index contributed by atoms with van der Waals surface area (Å²) in [7, 11) is -9.94. The lowest BCUT2D eigenvalue weighted by molar-refractivity contribution is -0.161. The summed E-state index contributed by atoms with van der Waals surface area (Å²) in [4.78, 5) is 73.1. The van der Waals surface area contributed by atoms with E-state index in [0.29, 0.717) is 31.6 Å². The first-order chi connectivity index (χ1) is 50.2. The van der Waals surface area contributed by atoms with Crippen LogP contribution >= 0.6 is 15.6 Å². The van der Waals surface area contributed by atoms with E-state index in [4.69, 9.17) is 37.0 Å². The minimum atomic E-state index is -4.97. The molecule has 0 amide bonds. The third kappa shape index (κ3) is 77.7. The maximum Gasteiger partial charge on any atom is 0.472 e. The van der Waals surface area contributed by atoms with E-state index in [1.54, 1.807) is 0 Å². The Balaban J connectivity index is 5.26. The normalized spacial score (nSPS) is 14.0. The van der Waals surface area contributed by atoms with Crippen molar-refractivity contribution in [1.82, 2.24) is 0 Å². The molecule has 104 heavy (non-hydrogen) atoms. The molecule has 0 rings (SSSR count). The average Bonchev–Trinajstić information content (AvgIpc) is 0.909. The molecule has 0 aliphatic carbocycles. The molecule has 0 radical (unpaired) electrons. The van der Waals surface area contributed by atoms with Crippen molar-refractivity contribution in [1.29, 1.82) is 0 Å². The fourth-order valence-corrected chi connectivity index (χ4v) is 14.2. The Labute approximate surface area is 637 Å². The van der Waals surface area contributed by atoms with Crippen molar-refractivity contribution >= 4 is 39.5 Å². The van der Waals surface area contributed by atoms with E-state index >= 15 is 0 Å². The molecule has 0 aliphatic heterocycles. The molecule has 0 heterocycles. The number of aliphatic hydroxyl groups is 1. The van der Waals surface area contributed by atoms with E-state index in [9.17, 15) is 43.2 Å². The van der Waals surface area contributed by atoms with E-state index in [1.807, 2.05) is 0 Å². The number of phosphoric ester groups is 2. The summed E-state index contributed by atoms with van der Waals surface area (Å²) in [5, 5.41) is 10.7. The van der Waals surface area contributed by atoms with Crippen LogP contribution in [0.15, 0.2) is 24.3 Å². The van der Waals surface area contributed by atoms with Crippen LogP contribution in [-0.2, 0) is 65.4 Å². The van der Waals surface area contributed by atoms with Gasteiger partial charge < -0.3 is 33.8 Å². The highest BCUT2D eigenvalue weighted by Crippen LogP contribution is 2.45. The quantitative estimate of drug-likeness (QED) is 0.0169. The number of carbonyl (C=O) groups excluding carboxylic acids is 4. The summed E-state index contributed by atoms with van der Waals surface area (Å²) in [6, 6.07) is 0. The van der Waals surface area contributed by atoms with Gasteiger partial charge in [-0.25, -0.2) is 9.13 Å². The highest BCUT2D eigenvalue weighted by atomic mass is 31.2. The minimum Gasteiger partial charge on any atom is -0.462 e. The molecule has 0 aromatic carbocycles. The molecule has 0 aromatic rings. The highest BCUT2D eigenvalue weighted by Gasteiger charge is 2.30. The Morgan fingerprint density at radius 1 is 0.298 bits per heavy atom. The minimum absolute atomic E-state index is 0.0843. The molecule has 3 unspecified atom stereocenters. The summed E-state index contributed by atoms with van der Waals surface area (Å²) in [5.74, 6) is 0.188. The van der Waals surface area contributed by atoms with Crippen molar-refractivity contribution in [2.45, 2.75) is 439 Å². The maximum atomic E-state index is 13.1. The molecular formula is C85H162O17P2. The van der Waals surface area contributed by atoms with Crippen LogP contribution in [0.3, 0.4) is 0 Å². The molecule has 19 heteroatoms. The molecule has 0 saturated carbocycles. The SMILES string of the molecule is CCCCCC/C=C\C=C/CCCCCCCC(=O)O[C@H](COC(=O)CCCCCCCCCC(C)C)COP(=O)(O)OCC(O)COP(=O)(O)OC[C@@H](COC(=O)CCCCCCCCCCCCCCCCCC(C)C)OC(=O)CCCCCCCCCCCCCCCCCCCCC(C)C. The van der Waals surface area contributed by atoms with Crippen LogP contribution in [0.4, 0.5) is 0 Å². The van der Waals surface area contributed by atoms with Gasteiger partial charge in [0.2, 0.25) is 0 Å². The number of carbonyl (C=O) groups is 4.